The molecule has 1 saturated carbocycles. The zero-order valence-electron chi connectivity index (χ0n) is 10.0. The molecule has 2 atom stereocenters. The fraction of sp³-hybridized carbons (Fsp3) is 0.667. The topological polar surface area (TPSA) is 49.8 Å². The highest BCUT2D eigenvalue weighted by Gasteiger charge is 2.21. The maximum absolute atomic E-state index is 4.39. The monoisotopic (exact) mass is 220 g/mol. The molecule has 2 N–H and O–H groups in total. The number of nitrogens with one attached hydrogen (secondary N) is 2. The van der Waals surface area contributed by atoms with Gasteiger partial charge in [0, 0.05) is 19.3 Å². The summed E-state index contributed by atoms with van der Waals surface area (Å²) in [5.74, 6) is 2.34. The molecule has 4 nitrogen and oxygen atoms in total. The third kappa shape index (κ3) is 2.62. The van der Waals surface area contributed by atoms with Crippen LogP contribution in [0.25, 0.3) is 0 Å². The van der Waals surface area contributed by atoms with E-state index >= 15 is 0 Å². The molecule has 1 aliphatic carbocycles. The van der Waals surface area contributed by atoms with Crippen molar-refractivity contribution < 1.29 is 0 Å². The third-order valence-electron chi connectivity index (χ3n) is 3.32. The molecule has 1 aromatic rings. The van der Waals surface area contributed by atoms with Crippen LogP contribution in [0.2, 0.25) is 0 Å². The first-order valence-corrected chi connectivity index (χ1v) is 6.07. The molecule has 2 rings (SSSR count). The lowest BCUT2D eigenvalue weighted by Gasteiger charge is -2.29. The second-order valence-corrected chi connectivity index (χ2v) is 4.53. The van der Waals surface area contributed by atoms with Gasteiger partial charge in [-0.3, -0.25) is 0 Å². The molecule has 2 unspecified atom stereocenters. The molecule has 0 spiro atoms. The highest BCUT2D eigenvalue weighted by atomic mass is 15.1. The number of rotatable bonds is 3. The highest BCUT2D eigenvalue weighted by molar-refractivity contribution is 5.40. The van der Waals surface area contributed by atoms with Gasteiger partial charge in [0.15, 0.2) is 0 Å². The summed E-state index contributed by atoms with van der Waals surface area (Å²) in [5, 5.41) is 6.47. The van der Waals surface area contributed by atoms with E-state index in [9.17, 15) is 0 Å². The molecule has 0 aromatic carbocycles. The van der Waals surface area contributed by atoms with Crippen molar-refractivity contribution in [3.63, 3.8) is 0 Å². The molecular weight excluding hydrogens is 200 g/mol. The van der Waals surface area contributed by atoms with Crippen LogP contribution >= 0.6 is 0 Å². The number of nitrogens with zero attached hydrogens (tertiary/aromatic N) is 2. The highest BCUT2D eigenvalue weighted by Crippen LogP contribution is 2.26. The fourth-order valence-electron chi connectivity index (χ4n) is 2.28. The van der Waals surface area contributed by atoms with E-state index in [2.05, 4.69) is 27.5 Å². The van der Waals surface area contributed by atoms with Gasteiger partial charge in [0.2, 0.25) is 5.95 Å². The second kappa shape index (κ2) is 5.14. The van der Waals surface area contributed by atoms with Gasteiger partial charge in [-0.05, 0) is 24.8 Å². The van der Waals surface area contributed by atoms with Crippen molar-refractivity contribution in [1.29, 1.82) is 0 Å². The molecule has 1 fully saturated rings. The first-order chi connectivity index (χ1) is 7.79. The molecule has 0 radical (unpaired) electrons. The van der Waals surface area contributed by atoms with Crippen molar-refractivity contribution >= 4 is 11.8 Å². The average Bonchev–Trinajstić information content (AvgIpc) is 2.32. The third-order valence-corrected chi connectivity index (χ3v) is 3.32. The quantitative estimate of drug-likeness (QED) is 0.821. The van der Waals surface area contributed by atoms with Crippen molar-refractivity contribution in [3.05, 3.63) is 12.3 Å². The summed E-state index contributed by atoms with van der Waals surface area (Å²) in [5.41, 5.74) is 0. The molecule has 4 heteroatoms. The van der Waals surface area contributed by atoms with Crippen molar-refractivity contribution in [2.24, 2.45) is 5.92 Å². The molecule has 0 aliphatic heterocycles. The van der Waals surface area contributed by atoms with Crippen LogP contribution in [0.1, 0.15) is 32.6 Å². The zero-order chi connectivity index (χ0) is 11.4. The van der Waals surface area contributed by atoms with Gasteiger partial charge in [-0.2, -0.15) is 4.98 Å². The Morgan fingerprint density at radius 3 is 2.88 bits per heavy atom. The molecule has 1 aliphatic rings. The maximum atomic E-state index is 4.39. The first kappa shape index (κ1) is 11.2. The van der Waals surface area contributed by atoms with E-state index in [1.54, 1.807) is 6.20 Å². The molecule has 0 amide bonds. The van der Waals surface area contributed by atoms with E-state index in [0.717, 1.165) is 11.7 Å². The van der Waals surface area contributed by atoms with Crippen LogP contribution in [0, 0.1) is 5.92 Å². The van der Waals surface area contributed by atoms with Crippen LogP contribution in [0.15, 0.2) is 12.3 Å². The maximum Gasteiger partial charge on any atom is 0.224 e. The SMILES string of the molecule is CNc1nccc(NC2CCCCC2C)n1. The van der Waals surface area contributed by atoms with E-state index in [-0.39, 0.29) is 0 Å². The van der Waals surface area contributed by atoms with E-state index in [1.807, 2.05) is 13.1 Å². The summed E-state index contributed by atoms with van der Waals surface area (Å²) >= 11 is 0. The van der Waals surface area contributed by atoms with Gasteiger partial charge in [-0.15, -0.1) is 0 Å². The predicted molar refractivity (Wildman–Crippen MR) is 66.6 cm³/mol. The lowest BCUT2D eigenvalue weighted by atomic mass is 9.86. The molecule has 0 bridgehead atoms. The minimum Gasteiger partial charge on any atom is -0.367 e. The second-order valence-electron chi connectivity index (χ2n) is 4.53. The summed E-state index contributed by atoms with van der Waals surface area (Å²) in [4.78, 5) is 8.49. The number of hydrogen-bond donors (Lipinski definition) is 2. The Morgan fingerprint density at radius 2 is 2.12 bits per heavy atom. The van der Waals surface area contributed by atoms with Gasteiger partial charge in [0.1, 0.15) is 5.82 Å². The van der Waals surface area contributed by atoms with Crippen molar-refractivity contribution in [2.75, 3.05) is 17.7 Å². The molecule has 88 valence electrons. The minimum atomic E-state index is 0.563. The summed E-state index contributed by atoms with van der Waals surface area (Å²) in [7, 11) is 1.84. The fourth-order valence-corrected chi connectivity index (χ4v) is 2.28. The number of aromatic nitrogens is 2. The summed E-state index contributed by atoms with van der Waals surface area (Å²) < 4.78 is 0. The summed E-state index contributed by atoms with van der Waals surface area (Å²) in [6, 6.07) is 2.50. The molecule has 0 saturated heterocycles. The van der Waals surface area contributed by atoms with Crippen LogP contribution in [0.5, 0.6) is 0 Å². The van der Waals surface area contributed by atoms with Crippen molar-refractivity contribution in [3.8, 4) is 0 Å². The largest absolute Gasteiger partial charge is 0.367 e. The minimum absolute atomic E-state index is 0.563. The van der Waals surface area contributed by atoms with Crippen LogP contribution in [-0.4, -0.2) is 23.1 Å². The van der Waals surface area contributed by atoms with Gasteiger partial charge < -0.3 is 10.6 Å². The van der Waals surface area contributed by atoms with Gasteiger partial charge in [0.25, 0.3) is 0 Å². The lowest BCUT2D eigenvalue weighted by Crippen LogP contribution is -2.30. The van der Waals surface area contributed by atoms with E-state index in [4.69, 9.17) is 0 Å². The van der Waals surface area contributed by atoms with Crippen molar-refractivity contribution in [1.82, 2.24) is 9.97 Å². The molecule has 16 heavy (non-hydrogen) atoms. The van der Waals surface area contributed by atoms with E-state index in [1.165, 1.54) is 25.7 Å². The smallest absolute Gasteiger partial charge is 0.224 e. The van der Waals surface area contributed by atoms with Crippen molar-refractivity contribution in [2.45, 2.75) is 38.6 Å². The Morgan fingerprint density at radius 1 is 1.31 bits per heavy atom. The van der Waals surface area contributed by atoms with Crippen LogP contribution in [-0.2, 0) is 0 Å². The van der Waals surface area contributed by atoms with Gasteiger partial charge in [-0.1, -0.05) is 19.8 Å². The Balaban J connectivity index is 2.01. The first-order valence-electron chi connectivity index (χ1n) is 6.07. The summed E-state index contributed by atoms with van der Waals surface area (Å²) in [6.45, 7) is 2.32. The average molecular weight is 220 g/mol. The van der Waals surface area contributed by atoms with Crippen LogP contribution in [0.4, 0.5) is 11.8 Å². The molecule has 1 heterocycles. The predicted octanol–water partition coefficient (Wildman–Crippen LogP) is 2.51. The Labute approximate surface area is 96.9 Å². The standard InChI is InChI=1S/C12H20N4/c1-9-5-3-4-6-10(9)15-11-7-8-14-12(13-2)16-11/h7-10H,3-6H2,1-2H3,(H2,13,14,15,16). The number of hydrogen-bond acceptors (Lipinski definition) is 4. The Bertz CT molecular complexity index is 340. The molecular formula is C12H20N4. The molecule has 1 aromatic heterocycles. The normalized spacial score (nSPS) is 25.1. The lowest BCUT2D eigenvalue weighted by molar-refractivity contribution is 0.349. The van der Waals surface area contributed by atoms with Crippen LogP contribution in [0.3, 0.4) is 0 Å². The van der Waals surface area contributed by atoms with Gasteiger partial charge in [0.05, 0.1) is 0 Å². The van der Waals surface area contributed by atoms with Crippen LogP contribution < -0.4 is 10.6 Å². The van der Waals surface area contributed by atoms with Gasteiger partial charge >= 0.3 is 0 Å². The Kier molecular flexibility index (Phi) is 3.59. The summed E-state index contributed by atoms with van der Waals surface area (Å²) in [6.07, 6.45) is 7.05. The van der Waals surface area contributed by atoms with E-state index < -0.39 is 0 Å². The van der Waals surface area contributed by atoms with Gasteiger partial charge in [-0.25, -0.2) is 4.98 Å². The Hall–Kier alpha value is -1.32. The zero-order valence-corrected chi connectivity index (χ0v) is 10.0. The number of anilines is 2. The van der Waals surface area contributed by atoms with E-state index in [0.29, 0.717) is 12.0 Å².